The Labute approximate surface area is 130 Å². The van der Waals surface area contributed by atoms with Gasteiger partial charge in [0, 0.05) is 7.05 Å². The standard InChI is InChI=1S/C16H14N4O3/c1-9-5-3-4-6-10(9)7-8-11-14(21)18-13-12(17-11)15(22)19-16(23)20(13)2/h3-8H,1-2H3,(H,18,21)(H,19,22,23)/b8-7+. The molecule has 0 aliphatic carbocycles. The van der Waals surface area contributed by atoms with E-state index in [2.05, 4.69) is 15.0 Å². The van der Waals surface area contributed by atoms with Crippen molar-refractivity contribution in [2.75, 3.05) is 0 Å². The lowest BCUT2D eigenvalue weighted by atomic mass is 10.1. The monoisotopic (exact) mass is 310 g/mol. The molecule has 0 saturated carbocycles. The van der Waals surface area contributed by atoms with Crippen molar-refractivity contribution in [1.82, 2.24) is 19.5 Å². The summed E-state index contributed by atoms with van der Waals surface area (Å²) in [6.07, 6.45) is 3.31. The Morgan fingerprint density at radius 1 is 1.04 bits per heavy atom. The van der Waals surface area contributed by atoms with Gasteiger partial charge in [0.25, 0.3) is 11.1 Å². The number of nitrogens with one attached hydrogen (secondary N) is 2. The van der Waals surface area contributed by atoms with Crippen molar-refractivity contribution in [3.63, 3.8) is 0 Å². The largest absolute Gasteiger partial charge is 0.329 e. The molecule has 7 nitrogen and oxygen atoms in total. The Bertz CT molecular complexity index is 1100. The third kappa shape index (κ3) is 2.64. The summed E-state index contributed by atoms with van der Waals surface area (Å²) in [6, 6.07) is 7.69. The molecule has 1 aromatic carbocycles. The van der Waals surface area contributed by atoms with Gasteiger partial charge in [0.05, 0.1) is 0 Å². The van der Waals surface area contributed by atoms with Gasteiger partial charge >= 0.3 is 5.69 Å². The molecule has 0 spiro atoms. The zero-order valence-corrected chi connectivity index (χ0v) is 12.6. The minimum Gasteiger partial charge on any atom is -0.305 e. The van der Waals surface area contributed by atoms with Crippen molar-refractivity contribution in [3.05, 3.63) is 72.3 Å². The number of nitrogens with zero attached hydrogens (tertiary/aromatic N) is 2. The molecule has 0 atom stereocenters. The lowest BCUT2D eigenvalue weighted by Crippen LogP contribution is -2.31. The predicted octanol–water partition coefficient (Wildman–Crippen LogP) is 0.789. The Morgan fingerprint density at radius 3 is 2.52 bits per heavy atom. The van der Waals surface area contributed by atoms with Crippen molar-refractivity contribution >= 4 is 23.3 Å². The third-order valence-electron chi connectivity index (χ3n) is 3.61. The Balaban J connectivity index is 2.18. The van der Waals surface area contributed by atoms with E-state index in [0.29, 0.717) is 0 Å². The molecule has 3 aromatic rings. The number of benzene rings is 1. The van der Waals surface area contributed by atoms with Crippen LogP contribution in [0.1, 0.15) is 16.8 Å². The van der Waals surface area contributed by atoms with Crippen LogP contribution in [0.4, 0.5) is 0 Å². The van der Waals surface area contributed by atoms with Gasteiger partial charge in [-0.3, -0.25) is 19.1 Å². The molecule has 0 fully saturated rings. The molecule has 0 unspecified atom stereocenters. The summed E-state index contributed by atoms with van der Waals surface area (Å²) in [5.74, 6) is 0. The summed E-state index contributed by atoms with van der Waals surface area (Å²) in [5.41, 5.74) is 0.498. The molecule has 0 aliphatic rings. The Hall–Kier alpha value is -3.22. The molecule has 2 aromatic heterocycles. The zero-order valence-electron chi connectivity index (χ0n) is 12.6. The predicted molar refractivity (Wildman–Crippen MR) is 88.3 cm³/mol. The van der Waals surface area contributed by atoms with E-state index in [1.165, 1.54) is 7.05 Å². The third-order valence-corrected chi connectivity index (χ3v) is 3.61. The van der Waals surface area contributed by atoms with Crippen LogP contribution in [0.15, 0.2) is 38.6 Å². The fourth-order valence-corrected chi connectivity index (χ4v) is 2.25. The van der Waals surface area contributed by atoms with Crippen molar-refractivity contribution in [1.29, 1.82) is 0 Å². The summed E-state index contributed by atoms with van der Waals surface area (Å²) in [7, 11) is 1.45. The topological polar surface area (TPSA) is 101 Å². The van der Waals surface area contributed by atoms with E-state index >= 15 is 0 Å². The highest BCUT2D eigenvalue weighted by Crippen LogP contribution is 2.10. The van der Waals surface area contributed by atoms with Crippen LogP contribution in [-0.4, -0.2) is 19.5 Å². The zero-order chi connectivity index (χ0) is 16.6. The van der Waals surface area contributed by atoms with E-state index in [-0.39, 0.29) is 16.9 Å². The number of rotatable bonds is 2. The SMILES string of the molecule is Cc1ccccc1/C=C/c1nc2c(=O)[nH]c(=O)n(C)c2[nH]c1=O. The van der Waals surface area contributed by atoms with Crippen molar-refractivity contribution < 1.29 is 0 Å². The van der Waals surface area contributed by atoms with Crippen LogP contribution in [0.5, 0.6) is 0 Å². The molecule has 7 heteroatoms. The molecule has 2 N–H and O–H groups in total. The first-order valence-electron chi connectivity index (χ1n) is 6.94. The van der Waals surface area contributed by atoms with Crippen LogP contribution >= 0.6 is 0 Å². The van der Waals surface area contributed by atoms with E-state index in [4.69, 9.17) is 0 Å². The minimum absolute atomic E-state index is 0.0103. The van der Waals surface area contributed by atoms with Gasteiger partial charge in [-0.15, -0.1) is 0 Å². The summed E-state index contributed by atoms with van der Waals surface area (Å²) >= 11 is 0. The lowest BCUT2D eigenvalue weighted by molar-refractivity contribution is 0.820. The number of fused-ring (bicyclic) bond motifs is 1. The second kappa shape index (κ2) is 5.53. The smallest absolute Gasteiger partial charge is 0.305 e. The number of aryl methyl sites for hydroxylation is 2. The molecule has 0 saturated heterocycles. The number of hydrogen-bond acceptors (Lipinski definition) is 4. The second-order valence-electron chi connectivity index (χ2n) is 5.16. The van der Waals surface area contributed by atoms with Gasteiger partial charge < -0.3 is 4.98 Å². The van der Waals surface area contributed by atoms with Crippen LogP contribution in [0.25, 0.3) is 23.3 Å². The number of hydrogen-bond donors (Lipinski definition) is 2. The quantitative estimate of drug-likeness (QED) is 0.730. The molecule has 3 rings (SSSR count). The molecular formula is C16H14N4O3. The van der Waals surface area contributed by atoms with E-state index in [0.717, 1.165) is 15.7 Å². The molecule has 0 aliphatic heterocycles. The summed E-state index contributed by atoms with van der Waals surface area (Å²) < 4.78 is 1.14. The average Bonchev–Trinajstić information content (AvgIpc) is 2.52. The first-order chi connectivity index (χ1) is 11.0. The van der Waals surface area contributed by atoms with Crippen LogP contribution in [0, 0.1) is 6.92 Å². The van der Waals surface area contributed by atoms with Crippen LogP contribution in [-0.2, 0) is 7.05 Å². The number of aromatic nitrogens is 4. The highest BCUT2D eigenvalue weighted by molar-refractivity contribution is 5.74. The molecule has 0 bridgehead atoms. The first-order valence-corrected chi connectivity index (χ1v) is 6.94. The molecule has 0 amide bonds. The van der Waals surface area contributed by atoms with E-state index < -0.39 is 16.8 Å². The maximum absolute atomic E-state index is 12.1. The minimum atomic E-state index is -0.634. The van der Waals surface area contributed by atoms with Crippen molar-refractivity contribution in [2.24, 2.45) is 7.05 Å². The molecule has 0 radical (unpaired) electrons. The molecule has 116 valence electrons. The van der Waals surface area contributed by atoms with Gasteiger partial charge in [0.1, 0.15) is 11.3 Å². The Kier molecular flexibility index (Phi) is 3.53. The maximum atomic E-state index is 12.1. The highest BCUT2D eigenvalue weighted by atomic mass is 16.2. The van der Waals surface area contributed by atoms with Crippen LogP contribution < -0.4 is 16.8 Å². The van der Waals surface area contributed by atoms with Crippen molar-refractivity contribution in [3.8, 4) is 0 Å². The van der Waals surface area contributed by atoms with Crippen LogP contribution in [0.2, 0.25) is 0 Å². The van der Waals surface area contributed by atoms with Gasteiger partial charge in [0.2, 0.25) is 0 Å². The number of aromatic amines is 2. The summed E-state index contributed by atoms with van der Waals surface area (Å²) in [4.78, 5) is 44.3. The first kappa shape index (κ1) is 14.7. The van der Waals surface area contributed by atoms with E-state index in [1.807, 2.05) is 31.2 Å². The highest BCUT2D eigenvalue weighted by Gasteiger charge is 2.09. The second-order valence-corrected chi connectivity index (χ2v) is 5.16. The molecular weight excluding hydrogens is 296 g/mol. The van der Waals surface area contributed by atoms with Gasteiger partial charge in [0.15, 0.2) is 5.52 Å². The fourth-order valence-electron chi connectivity index (χ4n) is 2.25. The van der Waals surface area contributed by atoms with E-state index in [1.54, 1.807) is 12.2 Å². The van der Waals surface area contributed by atoms with Crippen molar-refractivity contribution in [2.45, 2.75) is 6.92 Å². The summed E-state index contributed by atoms with van der Waals surface area (Å²) in [6.45, 7) is 1.96. The molecule has 2 heterocycles. The van der Waals surface area contributed by atoms with Gasteiger partial charge in [-0.2, -0.15) is 0 Å². The fraction of sp³-hybridized carbons (Fsp3) is 0.125. The lowest BCUT2D eigenvalue weighted by Gasteiger charge is -2.03. The van der Waals surface area contributed by atoms with Gasteiger partial charge in [-0.25, -0.2) is 9.78 Å². The normalized spacial score (nSPS) is 11.4. The summed E-state index contributed by atoms with van der Waals surface area (Å²) in [5, 5.41) is 0. The van der Waals surface area contributed by atoms with Crippen LogP contribution in [0.3, 0.4) is 0 Å². The molecule has 23 heavy (non-hydrogen) atoms. The average molecular weight is 310 g/mol. The maximum Gasteiger partial charge on any atom is 0.329 e. The Morgan fingerprint density at radius 2 is 1.78 bits per heavy atom. The van der Waals surface area contributed by atoms with Gasteiger partial charge in [-0.1, -0.05) is 30.3 Å². The van der Waals surface area contributed by atoms with E-state index in [9.17, 15) is 14.4 Å². The number of H-pyrrole nitrogens is 2. The van der Waals surface area contributed by atoms with Gasteiger partial charge in [-0.05, 0) is 24.1 Å².